The predicted molar refractivity (Wildman–Crippen MR) is 141 cm³/mol. The van der Waals surface area contributed by atoms with E-state index in [1.54, 1.807) is 4.90 Å². The predicted octanol–water partition coefficient (Wildman–Crippen LogP) is 4.98. The van der Waals surface area contributed by atoms with Gasteiger partial charge in [-0.2, -0.15) is 0 Å². The quantitative estimate of drug-likeness (QED) is 0.500. The topological polar surface area (TPSA) is 87.7 Å². The zero-order valence-electron chi connectivity index (χ0n) is 21.3. The van der Waals surface area contributed by atoms with E-state index in [2.05, 4.69) is 38.7 Å². The van der Waals surface area contributed by atoms with E-state index in [0.717, 1.165) is 35.8 Å². The van der Waals surface area contributed by atoms with Gasteiger partial charge in [-0.3, -0.25) is 9.59 Å². The number of piperidine rings is 1. The largest absolute Gasteiger partial charge is 0.444 e. The minimum atomic E-state index is -0.504. The van der Waals surface area contributed by atoms with Gasteiger partial charge in [0.25, 0.3) is 0 Å². The molecule has 1 heterocycles. The molecule has 2 N–H and O–H groups in total. The molecule has 0 unspecified atom stereocenters. The maximum atomic E-state index is 13.5. The molecular weight excluding hydrogens is 522 g/mol. The molecular formula is C28H36BrN3O4. The van der Waals surface area contributed by atoms with E-state index in [0.29, 0.717) is 25.6 Å². The molecule has 194 valence electrons. The van der Waals surface area contributed by atoms with Crippen LogP contribution in [0, 0.1) is 35.0 Å². The molecule has 1 aromatic rings. The Labute approximate surface area is 221 Å². The van der Waals surface area contributed by atoms with Crippen LogP contribution in [0.5, 0.6) is 0 Å². The maximum absolute atomic E-state index is 13.5. The van der Waals surface area contributed by atoms with Gasteiger partial charge in [-0.1, -0.05) is 28.1 Å². The summed E-state index contributed by atoms with van der Waals surface area (Å²) in [6.45, 7) is 7.46. The normalized spacial score (nSPS) is 28.3. The van der Waals surface area contributed by atoms with Crippen LogP contribution in [0.25, 0.3) is 0 Å². The van der Waals surface area contributed by atoms with Crippen LogP contribution in [0.2, 0.25) is 0 Å². The fraction of sp³-hybridized carbons (Fsp3) is 0.607. The molecule has 1 spiro atoms. The van der Waals surface area contributed by atoms with E-state index < -0.39 is 5.60 Å². The number of rotatable bonds is 5. The number of nitrogens with zero attached hydrogens (tertiary/aromatic N) is 1. The van der Waals surface area contributed by atoms with Crippen LogP contribution in [0.15, 0.2) is 40.9 Å². The summed E-state index contributed by atoms with van der Waals surface area (Å²) >= 11 is 3.43. The number of hydrogen-bond donors (Lipinski definition) is 2. The van der Waals surface area contributed by atoms with Gasteiger partial charge in [0.05, 0.1) is 11.8 Å². The van der Waals surface area contributed by atoms with Gasteiger partial charge in [0, 0.05) is 29.8 Å². The molecule has 5 rings (SSSR count). The molecule has 3 fully saturated rings. The Morgan fingerprint density at radius 2 is 1.58 bits per heavy atom. The number of anilines is 1. The molecule has 2 saturated carbocycles. The van der Waals surface area contributed by atoms with E-state index in [1.165, 1.54) is 0 Å². The highest BCUT2D eigenvalue weighted by Gasteiger charge is 2.69. The lowest BCUT2D eigenvalue weighted by Crippen LogP contribution is -2.46. The fourth-order valence-corrected chi connectivity index (χ4v) is 6.74. The minimum Gasteiger partial charge on any atom is -0.444 e. The third-order valence-corrected chi connectivity index (χ3v) is 8.92. The third kappa shape index (κ3) is 4.93. The number of hydrogen-bond acceptors (Lipinski definition) is 4. The first-order valence-electron chi connectivity index (χ1n) is 13.1. The van der Waals surface area contributed by atoms with Crippen molar-refractivity contribution in [3.8, 4) is 0 Å². The second-order valence-corrected chi connectivity index (χ2v) is 12.8. The number of amides is 3. The molecule has 7 nitrogen and oxygen atoms in total. The Morgan fingerprint density at radius 3 is 2.14 bits per heavy atom. The lowest BCUT2D eigenvalue weighted by molar-refractivity contribution is -0.133. The van der Waals surface area contributed by atoms with E-state index in [1.807, 2.05) is 45.0 Å². The van der Waals surface area contributed by atoms with Crippen molar-refractivity contribution in [2.45, 2.75) is 52.1 Å². The first-order valence-corrected chi connectivity index (χ1v) is 13.9. The minimum absolute atomic E-state index is 0.0105. The summed E-state index contributed by atoms with van der Waals surface area (Å²) in [6, 6.07) is 7.54. The highest BCUT2D eigenvalue weighted by atomic mass is 79.9. The first kappa shape index (κ1) is 25.3. The molecule has 1 aromatic carbocycles. The van der Waals surface area contributed by atoms with Crippen LogP contribution < -0.4 is 10.6 Å². The van der Waals surface area contributed by atoms with Crippen molar-refractivity contribution in [3.05, 3.63) is 40.9 Å². The summed E-state index contributed by atoms with van der Waals surface area (Å²) in [5.74, 6) is -0.176. The van der Waals surface area contributed by atoms with Gasteiger partial charge in [-0.25, -0.2) is 4.79 Å². The van der Waals surface area contributed by atoms with Crippen molar-refractivity contribution in [1.82, 2.24) is 10.2 Å². The number of likely N-dealkylation sites (tertiary alicyclic amines) is 1. The van der Waals surface area contributed by atoms with Crippen molar-refractivity contribution < 1.29 is 19.1 Å². The summed E-state index contributed by atoms with van der Waals surface area (Å²) in [7, 11) is 0. The van der Waals surface area contributed by atoms with Crippen LogP contribution >= 0.6 is 15.9 Å². The Kier molecular flexibility index (Phi) is 6.68. The summed E-state index contributed by atoms with van der Waals surface area (Å²) in [6.07, 6.45) is 7.92. The highest BCUT2D eigenvalue weighted by molar-refractivity contribution is 9.10. The Hall–Kier alpha value is -2.35. The molecule has 8 heteroatoms. The van der Waals surface area contributed by atoms with Crippen molar-refractivity contribution in [3.63, 3.8) is 0 Å². The summed E-state index contributed by atoms with van der Waals surface area (Å²) in [5, 5.41) is 6.25. The molecule has 3 aliphatic carbocycles. The Bertz CT molecular complexity index is 1050. The molecule has 4 aliphatic rings. The van der Waals surface area contributed by atoms with Gasteiger partial charge < -0.3 is 20.3 Å². The first-order chi connectivity index (χ1) is 17.1. The Balaban J connectivity index is 1.19. The zero-order chi connectivity index (χ0) is 25.7. The number of halogens is 1. The van der Waals surface area contributed by atoms with Gasteiger partial charge in [0.1, 0.15) is 5.60 Å². The maximum Gasteiger partial charge on any atom is 0.410 e. The third-order valence-electron chi connectivity index (χ3n) is 8.39. The van der Waals surface area contributed by atoms with Crippen LogP contribution in [-0.4, -0.2) is 48.0 Å². The van der Waals surface area contributed by atoms with Crippen molar-refractivity contribution in [2.24, 2.45) is 35.0 Å². The lowest BCUT2D eigenvalue weighted by Gasteiger charge is -2.34. The van der Waals surface area contributed by atoms with Crippen LogP contribution in [-0.2, 0) is 14.3 Å². The average molecular weight is 559 g/mol. The van der Waals surface area contributed by atoms with Crippen molar-refractivity contribution >= 4 is 39.5 Å². The van der Waals surface area contributed by atoms with Crippen LogP contribution in [0.1, 0.15) is 46.5 Å². The summed E-state index contributed by atoms with van der Waals surface area (Å²) in [5.41, 5.74) is 0.342. The number of carbonyl (C=O) groups excluding carboxylic acids is 3. The van der Waals surface area contributed by atoms with Crippen molar-refractivity contribution in [2.75, 3.05) is 25.0 Å². The molecule has 0 aromatic heterocycles. The number of nitrogens with one attached hydrogen (secondary N) is 2. The standard InChI is InChI=1S/C28H36BrN3O4/c1-27(2,3)36-26(35)32-14-10-17(11-15-32)16-30-24(33)22-20-8-9-21(28(20)12-13-28)23(22)25(34)31-19-6-4-18(29)5-7-19/h4-9,17,20-23H,10-16H2,1-3H3,(H,30,33)(H,31,34)/t20-,21+,22-,23-/m1/s1. The monoisotopic (exact) mass is 557 g/mol. The molecule has 0 radical (unpaired) electrons. The number of allylic oxidation sites excluding steroid dienone is 2. The van der Waals surface area contributed by atoms with E-state index in [9.17, 15) is 14.4 Å². The second-order valence-electron chi connectivity index (χ2n) is 11.9. The zero-order valence-corrected chi connectivity index (χ0v) is 22.8. The van der Waals surface area contributed by atoms with Gasteiger partial charge in [0.2, 0.25) is 11.8 Å². The molecule has 4 atom stereocenters. The second kappa shape index (κ2) is 9.51. The fourth-order valence-electron chi connectivity index (χ4n) is 6.48. The number of carbonyl (C=O) groups is 3. The molecule has 1 saturated heterocycles. The molecule has 2 bridgehead atoms. The SMILES string of the molecule is CC(C)(C)OC(=O)N1CCC(CNC(=O)[C@H]2[C@H](C(=O)Nc3ccc(Br)cc3)[C@@H]3C=C[C@H]2C32CC2)CC1. The van der Waals surface area contributed by atoms with E-state index in [4.69, 9.17) is 4.74 Å². The molecule has 1 aliphatic heterocycles. The van der Waals surface area contributed by atoms with Gasteiger partial charge in [-0.05, 0) is 93.9 Å². The lowest BCUT2D eigenvalue weighted by atomic mass is 9.81. The van der Waals surface area contributed by atoms with Gasteiger partial charge >= 0.3 is 6.09 Å². The van der Waals surface area contributed by atoms with Gasteiger partial charge in [0.15, 0.2) is 0 Å². The Morgan fingerprint density at radius 1 is 1.00 bits per heavy atom. The number of benzene rings is 1. The van der Waals surface area contributed by atoms with Crippen LogP contribution in [0.3, 0.4) is 0 Å². The molecule has 3 amide bonds. The van der Waals surface area contributed by atoms with E-state index >= 15 is 0 Å². The van der Waals surface area contributed by atoms with Gasteiger partial charge in [-0.15, -0.1) is 0 Å². The van der Waals surface area contributed by atoms with Crippen molar-refractivity contribution in [1.29, 1.82) is 0 Å². The number of ether oxygens (including phenoxy) is 1. The summed E-state index contributed by atoms with van der Waals surface area (Å²) in [4.78, 5) is 41.0. The summed E-state index contributed by atoms with van der Waals surface area (Å²) < 4.78 is 6.44. The van der Waals surface area contributed by atoms with Crippen LogP contribution in [0.4, 0.5) is 10.5 Å². The average Bonchev–Trinajstić information content (AvgIpc) is 3.50. The highest BCUT2D eigenvalue weighted by Crippen LogP contribution is 2.72. The molecule has 36 heavy (non-hydrogen) atoms. The van der Waals surface area contributed by atoms with E-state index in [-0.39, 0.29) is 47.0 Å². The smallest absolute Gasteiger partial charge is 0.410 e.